The van der Waals surface area contributed by atoms with E-state index in [0.29, 0.717) is 0 Å². The van der Waals surface area contributed by atoms with E-state index in [4.69, 9.17) is 9.97 Å². The van der Waals surface area contributed by atoms with E-state index in [1.165, 1.54) is 16.3 Å². The number of benzene rings is 3. The topological polar surface area (TPSA) is 35.1 Å². The van der Waals surface area contributed by atoms with E-state index in [-0.39, 0.29) is 0 Å². The van der Waals surface area contributed by atoms with Gasteiger partial charge >= 0.3 is 0 Å². The molecule has 7 aromatic rings. The van der Waals surface area contributed by atoms with Gasteiger partial charge in [-0.2, -0.15) is 0 Å². The molecule has 0 amide bonds. The molecule has 7 rings (SSSR count). The first kappa shape index (κ1) is 15.7. The van der Waals surface area contributed by atoms with E-state index in [1.807, 2.05) is 12.1 Å². The lowest BCUT2D eigenvalue weighted by atomic mass is 10.1. The Morgan fingerprint density at radius 3 is 2.20 bits per heavy atom. The highest BCUT2D eigenvalue weighted by Crippen LogP contribution is 2.37. The average Bonchev–Trinajstić information content (AvgIpc) is 3.47. The molecule has 0 spiro atoms. The Balaban J connectivity index is 1.70. The molecular formula is C26H16N4. The van der Waals surface area contributed by atoms with Crippen molar-refractivity contribution in [1.82, 2.24) is 18.9 Å². The second-order valence-corrected chi connectivity index (χ2v) is 7.56. The number of aromatic nitrogens is 4. The third-order valence-corrected chi connectivity index (χ3v) is 5.89. The summed E-state index contributed by atoms with van der Waals surface area (Å²) in [7, 11) is 0. The third kappa shape index (κ3) is 1.95. The standard InChI is InChI=1S/C26H16N4/c1-2-9-17(10-3-1)25-27-20-13-6-7-14-22(20)30(25)26-24-19-12-5-4-11-18(19)21-15-8-16-23(28-26)29(21)24/h1-16H. The summed E-state index contributed by atoms with van der Waals surface area (Å²) in [4.78, 5) is 10.1. The zero-order valence-electron chi connectivity index (χ0n) is 16.0. The number of para-hydroxylation sites is 2. The molecule has 4 heterocycles. The molecule has 0 atom stereocenters. The van der Waals surface area contributed by atoms with Crippen molar-refractivity contribution in [1.29, 1.82) is 0 Å². The van der Waals surface area contributed by atoms with Crippen LogP contribution in [0.5, 0.6) is 0 Å². The molecule has 4 heteroatoms. The molecule has 4 aromatic heterocycles. The minimum Gasteiger partial charge on any atom is -0.290 e. The summed E-state index contributed by atoms with van der Waals surface area (Å²) in [5, 5.41) is 2.45. The van der Waals surface area contributed by atoms with Gasteiger partial charge in [0.15, 0.2) is 5.82 Å². The van der Waals surface area contributed by atoms with Gasteiger partial charge in [-0.05, 0) is 24.3 Å². The van der Waals surface area contributed by atoms with Crippen molar-refractivity contribution in [2.45, 2.75) is 0 Å². The average molecular weight is 384 g/mol. The molecule has 0 aliphatic carbocycles. The fourth-order valence-corrected chi connectivity index (χ4v) is 4.62. The van der Waals surface area contributed by atoms with Gasteiger partial charge in [-0.3, -0.25) is 8.97 Å². The maximum atomic E-state index is 5.09. The summed E-state index contributed by atoms with van der Waals surface area (Å²) >= 11 is 0. The van der Waals surface area contributed by atoms with Crippen LogP contribution in [0.4, 0.5) is 0 Å². The highest BCUT2D eigenvalue weighted by atomic mass is 15.2. The molecule has 0 fully saturated rings. The zero-order valence-corrected chi connectivity index (χ0v) is 16.0. The van der Waals surface area contributed by atoms with Crippen LogP contribution in [0.25, 0.3) is 55.7 Å². The second kappa shape index (κ2) is 5.67. The van der Waals surface area contributed by atoms with Gasteiger partial charge in [0, 0.05) is 16.3 Å². The molecule has 4 nitrogen and oxygen atoms in total. The van der Waals surface area contributed by atoms with Crippen molar-refractivity contribution in [3.63, 3.8) is 0 Å². The number of pyridine rings is 1. The maximum Gasteiger partial charge on any atom is 0.166 e. The maximum absolute atomic E-state index is 5.09. The summed E-state index contributed by atoms with van der Waals surface area (Å²) in [6, 6.07) is 33.5. The normalized spacial score (nSPS) is 12.0. The van der Waals surface area contributed by atoms with Gasteiger partial charge < -0.3 is 0 Å². The smallest absolute Gasteiger partial charge is 0.166 e. The number of hydrogen-bond donors (Lipinski definition) is 0. The van der Waals surface area contributed by atoms with Crippen molar-refractivity contribution < 1.29 is 0 Å². The fourth-order valence-electron chi connectivity index (χ4n) is 4.62. The van der Waals surface area contributed by atoms with Crippen LogP contribution in [0.15, 0.2) is 97.1 Å². The Bertz CT molecular complexity index is 1690. The molecule has 0 saturated carbocycles. The summed E-state index contributed by atoms with van der Waals surface area (Å²) in [6.45, 7) is 0. The molecule has 0 saturated heterocycles. The minimum atomic E-state index is 0.905. The van der Waals surface area contributed by atoms with Crippen LogP contribution in [0.1, 0.15) is 0 Å². The molecular weight excluding hydrogens is 368 g/mol. The van der Waals surface area contributed by atoms with E-state index in [2.05, 4.69) is 93.9 Å². The van der Waals surface area contributed by atoms with E-state index >= 15 is 0 Å². The lowest BCUT2D eigenvalue weighted by Gasteiger charge is -2.07. The Morgan fingerprint density at radius 1 is 0.567 bits per heavy atom. The van der Waals surface area contributed by atoms with E-state index < -0.39 is 0 Å². The molecule has 0 bridgehead atoms. The molecule has 30 heavy (non-hydrogen) atoms. The predicted octanol–water partition coefficient (Wildman–Crippen LogP) is 6.08. The number of imidazole rings is 2. The first-order valence-corrected chi connectivity index (χ1v) is 10.0. The van der Waals surface area contributed by atoms with Crippen LogP contribution in [0.2, 0.25) is 0 Å². The summed E-state index contributed by atoms with van der Waals surface area (Å²) < 4.78 is 4.47. The minimum absolute atomic E-state index is 0.905. The van der Waals surface area contributed by atoms with Crippen molar-refractivity contribution in [3.8, 4) is 17.2 Å². The Kier molecular flexibility index (Phi) is 2.97. The summed E-state index contributed by atoms with van der Waals surface area (Å²) in [5.41, 5.74) is 6.35. The lowest BCUT2D eigenvalue weighted by Crippen LogP contribution is -1.98. The molecule has 140 valence electrons. The molecule has 3 aromatic carbocycles. The summed E-state index contributed by atoms with van der Waals surface area (Å²) in [5.74, 6) is 1.82. The highest BCUT2D eigenvalue weighted by Gasteiger charge is 2.22. The number of fused-ring (bicyclic) bond motifs is 4. The van der Waals surface area contributed by atoms with Crippen molar-refractivity contribution in [3.05, 3.63) is 97.1 Å². The predicted molar refractivity (Wildman–Crippen MR) is 121 cm³/mol. The van der Waals surface area contributed by atoms with Crippen molar-refractivity contribution in [2.24, 2.45) is 0 Å². The first-order chi connectivity index (χ1) is 14.9. The van der Waals surface area contributed by atoms with Gasteiger partial charge in [-0.15, -0.1) is 0 Å². The molecule has 0 N–H and O–H groups in total. The van der Waals surface area contributed by atoms with Crippen LogP contribution in [-0.4, -0.2) is 18.9 Å². The van der Waals surface area contributed by atoms with Crippen LogP contribution in [-0.2, 0) is 0 Å². The molecule has 0 unspecified atom stereocenters. The molecule has 0 radical (unpaired) electrons. The van der Waals surface area contributed by atoms with E-state index in [9.17, 15) is 0 Å². The van der Waals surface area contributed by atoms with Gasteiger partial charge in [0.2, 0.25) is 0 Å². The van der Waals surface area contributed by atoms with Crippen LogP contribution in [0, 0.1) is 0 Å². The zero-order chi connectivity index (χ0) is 19.7. The SMILES string of the molecule is c1ccc(-c2nc3ccccc3n2-c2nc3cccc4c5ccccc5c2n34)cc1. The van der Waals surface area contributed by atoms with Gasteiger partial charge in [-0.1, -0.05) is 72.8 Å². The fraction of sp³-hybridized carbons (Fsp3) is 0. The highest BCUT2D eigenvalue weighted by molar-refractivity contribution is 6.12. The second-order valence-electron chi connectivity index (χ2n) is 7.56. The molecule has 0 aliphatic rings. The lowest BCUT2D eigenvalue weighted by molar-refractivity contribution is 1.07. The Morgan fingerprint density at radius 2 is 1.30 bits per heavy atom. The third-order valence-electron chi connectivity index (χ3n) is 5.89. The van der Waals surface area contributed by atoms with Gasteiger partial charge in [0.05, 0.1) is 22.1 Å². The Hall–Kier alpha value is -4.18. The number of hydrogen-bond acceptors (Lipinski definition) is 2. The molecule has 0 aliphatic heterocycles. The Labute approximate surface area is 172 Å². The first-order valence-electron chi connectivity index (χ1n) is 10.0. The van der Waals surface area contributed by atoms with Crippen molar-refractivity contribution >= 4 is 38.5 Å². The number of rotatable bonds is 2. The van der Waals surface area contributed by atoms with Crippen LogP contribution in [0.3, 0.4) is 0 Å². The van der Waals surface area contributed by atoms with Gasteiger partial charge in [-0.25, -0.2) is 9.97 Å². The quantitative estimate of drug-likeness (QED) is 0.362. The van der Waals surface area contributed by atoms with Gasteiger partial charge in [0.1, 0.15) is 11.5 Å². The van der Waals surface area contributed by atoms with E-state index in [0.717, 1.165) is 39.4 Å². The number of nitrogens with zero attached hydrogens (tertiary/aromatic N) is 4. The van der Waals surface area contributed by atoms with Crippen LogP contribution < -0.4 is 0 Å². The van der Waals surface area contributed by atoms with E-state index in [1.54, 1.807) is 0 Å². The monoisotopic (exact) mass is 384 g/mol. The van der Waals surface area contributed by atoms with Gasteiger partial charge in [0.25, 0.3) is 0 Å². The summed E-state index contributed by atoms with van der Waals surface area (Å²) in [6.07, 6.45) is 0. The largest absolute Gasteiger partial charge is 0.290 e. The van der Waals surface area contributed by atoms with Crippen molar-refractivity contribution in [2.75, 3.05) is 0 Å². The van der Waals surface area contributed by atoms with Crippen LogP contribution >= 0.6 is 0 Å².